The molecule has 0 fully saturated rings. The van der Waals surface area contributed by atoms with E-state index >= 15 is 4.39 Å². The second-order valence-electron chi connectivity index (χ2n) is 7.09. The summed E-state index contributed by atoms with van der Waals surface area (Å²) >= 11 is 1.75. The molecule has 4 aromatic rings. The minimum Gasteiger partial charge on any atom is -0.301 e. The van der Waals surface area contributed by atoms with Crippen LogP contribution in [-0.2, 0) is 6.54 Å². The normalized spacial score (nSPS) is 17.2. The first kappa shape index (κ1) is 16.5. The zero-order chi connectivity index (χ0) is 18.4. The Balaban J connectivity index is 1.64. The molecular weight excluding hydrogens is 357 g/mol. The minimum absolute atomic E-state index is 0.144. The number of benzene rings is 2. The van der Waals surface area contributed by atoms with Crippen molar-refractivity contribution < 1.29 is 4.39 Å². The lowest BCUT2D eigenvalue weighted by atomic mass is 9.83. The molecule has 0 bridgehead atoms. The van der Waals surface area contributed by atoms with E-state index in [0.717, 1.165) is 23.2 Å². The van der Waals surface area contributed by atoms with E-state index in [9.17, 15) is 0 Å². The van der Waals surface area contributed by atoms with Crippen molar-refractivity contribution in [1.82, 2.24) is 15.1 Å². The van der Waals surface area contributed by atoms with E-state index in [1.165, 1.54) is 15.6 Å². The van der Waals surface area contributed by atoms with Gasteiger partial charge in [-0.25, -0.2) is 4.39 Å². The monoisotopic (exact) mass is 375 g/mol. The highest BCUT2D eigenvalue weighted by Crippen LogP contribution is 2.38. The third-order valence-corrected chi connectivity index (χ3v) is 6.23. The first-order valence-corrected chi connectivity index (χ1v) is 9.83. The van der Waals surface area contributed by atoms with Gasteiger partial charge in [-0.05, 0) is 47.1 Å². The summed E-state index contributed by atoms with van der Waals surface area (Å²) in [5.41, 5.74) is 4.47. The van der Waals surface area contributed by atoms with Crippen LogP contribution in [0.1, 0.15) is 22.6 Å². The predicted octanol–water partition coefficient (Wildman–Crippen LogP) is 5.07. The van der Waals surface area contributed by atoms with Crippen molar-refractivity contribution in [2.24, 2.45) is 0 Å². The number of nitrogens with zero attached hydrogens (tertiary/aromatic N) is 3. The van der Waals surface area contributed by atoms with Crippen molar-refractivity contribution in [3.8, 4) is 11.1 Å². The number of fused-ring (bicyclic) bond motifs is 2. The largest absolute Gasteiger partial charge is 0.301 e. The average molecular weight is 375 g/mol. The maximum absolute atomic E-state index is 15.4. The molecule has 0 amide bonds. The zero-order valence-corrected chi connectivity index (χ0v) is 15.7. The molecule has 134 valence electrons. The number of hydrogen-bond acceptors (Lipinski definition) is 4. The summed E-state index contributed by atoms with van der Waals surface area (Å²) in [4.78, 5) is 2.20. The van der Waals surface area contributed by atoms with E-state index < -0.39 is 0 Å². The fourth-order valence-corrected chi connectivity index (χ4v) is 4.85. The predicted molar refractivity (Wildman–Crippen MR) is 107 cm³/mol. The maximum Gasteiger partial charge on any atom is 0.135 e. The second-order valence-corrected chi connectivity index (χ2v) is 8.04. The summed E-state index contributed by atoms with van der Waals surface area (Å²) in [7, 11) is 2.06. The van der Waals surface area contributed by atoms with E-state index in [1.807, 2.05) is 6.07 Å². The topological polar surface area (TPSA) is 29.0 Å². The number of hydrogen-bond donors (Lipinski definition) is 0. The highest BCUT2D eigenvalue weighted by Gasteiger charge is 2.28. The first-order chi connectivity index (χ1) is 13.2. The van der Waals surface area contributed by atoms with E-state index in [-0.39, 0.29) is 11.7 Å². The first-order valence-electron chi connectivity index (χ1n) is 8.95. The average Bonchev–Trinajstić information content (AvgIpc) is 3.17. The van der Waals surface area contributed by atoms with Crippen molar-refractivity contribution in [3.05, 3.63) is 82.7 Å². The molecule has 3 nitrogen and oxygen atoms in total. The fraction of sp³-hybridized carbons (Fsp3) is 0.182. The molecule has 0 aliphatic carbocycles. The van der Waals surface area contributed by atoms with Crippen LogP contribution in [0.3, 0.4) is 0 Å². The molecule has 0 spiro atoms. The Hall–Kier alpha value is -2.63. The summed E-state index contributed by atoms with van der Waals surface area (Å²) in [5.74, 6) is 0.0265. The number of halogens is 1. The van der Waals surface area contributed by atoms with Crippen LogP contribution in [-0.4, -0.2) is 28.7 Å². The van der Waals surface area contributed by atoms with Gasteiger partial charge >= 0.3 is 0 Å². The van der Waals surface area contributed by atoms with Crippen LogP contribution < -0.4 is 0 Å². The molecule has 2 aromatic heterocycles. The van der Waals surface area contributed by atoms with Gasteiger partial charge in [-0.3, -0.25) is 0 Å². The third kappa shape index (κ3) is 2.83. The fourth-order valence-electron chi connectivity index (χ4n) is 4.01. The van der Waals surface area contributed by atoms with Crippen LogP contribution in [0.4, 0.5) is 4.39 Å². The van der Waals surface area contributed by atoms with Gasteiger partial charge in [0.15, 0.2) is 0 Å². The molecule has 27 heavy (non-hydrogen) atoms. The van der Waals surface area contributed by atoms with E-state index in [0.29, 0.717) is 12.1 Å². The minimum atomic E-state index is -0.144. The molecule has 1 aliphatic heterocycles. The van der Waals surface area contributed by atoms with Crippen LogP contribution >= 0.6 is 11.3 Å². The Kier molecular flexibility index (Phi) is 3.99. The van der Waals surface area contributed by atoms with Gasteiger partial charge < -0.3 is 4.90 Å². The number of likely N-dealkylation sites (N-methyl/N-ethyl adjacent to an activating group) is 1. The van der Waals surface area contributed by atoms with Crippen molar-refractivity contribution in [2.75, 3.05) is 13.6 Å². The van der Waals surface area contributed by atoms with Gasteiger partial charge in [-0.15, -0.1) is 11.3 Å². The molecule has 2 aromatic carbocycles. The molecule has 0 saturated heterocycles. The van der Waals surface area contributed by atoms with Crippen LogP contribution in [0.5, 0.6) is 0 Å². The smallest absolute Gasteiger partial charge is 0.135 e. The number of thiophene rings is 1. The van der Waals surface area contributed by atoms with E-state index in [2.05, 4.69) is 57.9 Å². The summed E-state index contributed by atoms with van der Waals surface area (Å²) in [6.45, 7) is 1.50. The zero-order valence-electron chi connectivity index (χ0n) is 14.9. The van der Waals surface area contributed by atoms with Crippen molar-refractivity contribution in [3.63, 3.8) is 0 Å². The quantitative estimate of drug-likeness (QED) is 0.489. The van der Waals surface area contributed by atoms with Crippen molar-refractivity contribution in [2.45, 2.75) is 12.5 Å². The van der Waals surface area contributed by atoms with Crippen LogP contribution in [0.15, 0.2) is 60.2 Å². The highest BCUT2D eigenvalue weighted by molar-refractivity contribution is 7.17. The molecule has 0 saturated carbocycles. The molecule has 1 unspecified atom stereocenters. The SMILES string of the molecule is CN1Cc2c(ccc(-c3ccnnc3)c2F)C(c2ccc3ccsc3c2)C1. The Morgan fingerprint density at radius 1 is 1.11 bits per heavy atom. The molecule has 1 aliphatic rings. The number of rotatable bonds is 2. The van der Waals surface area contributed by atoms with Crippen LogP contribution in [0, 0.1) is 5.82 Å². The summed E-state index contributed by atoms with van der Waals surface area (Å²) in [6, 6.07) is 14.5. The van der Waals surface area contributed by atoms with Gasteiger partial charge in [0.1, 0.15) is 5.82 Å². The maximum atomic E-state index is 15.4. The Morgan fingerprint density at radius 2 is 2.04 bits per heavy atom. The lowest BCUT2D eigenvalue weighted by Crippen LogP contribution is -2.31. The molecule has 0 N–H and O–H groups in total. The molecular formula is C22H18FN3S. The van der Waals surface area contributed by atoms with E-state index in [4.69, 9.17) is 0 Å². The number of aromatic nitrogens is 2. The van der Waals surface area contributed by atoms with Gasteiger partial charge in [-0.1, -0.05) is 24.3 Å². The molecule has 3 heterocycles. The standard InChI is InChI=1S/C22H18FN3S/c1-26-12-19(15-3-2-14-7-9-27-21(14)10-15)18-5-4-17(22(23)20(18)13-26)16-6-8-24-25-11-16/h2-11,19H,12-13H2,1H3. The van der Waals surface area contributed by atoms with Gasteiger partial charge in [0, 0.05) is 40.4 Å². The summed E-state index contributed by atoms with van der Waals surface area (Å²) in [6.07, 6.45) is 3.21. The highest BCUT2D eigenvalue weighted by atomic mass is 32.1. The third-order valence-electron chi connectivity index (χ3n) is 5.35. The Bertz CT molecular complexity index is 1120. The van der Waals surface area contributed by atoms with Gasteiger partial charge in [0.2, 0.25) is 0 Å². The Morgan fingerprint density at radius 3 is 2.89 bits per heavy atom. The van der Waals surface area contributed by atoms with Crippen molar-refractivity contribution in [1.29, 1.82) is 0 Å². The second kappa shape index (κ2) is 6.51. The van der Waals surface area contributed by atoms with Gasteiger partial charge in [0.25, 0.3) is 0 Å². The lowest BCUT2D eigenvalue weighted by molar-refractivity contribution is 0.289. The molecule has 5 heteroatoms. The molecule has 1 atom stereocenters. The lowest BCUT2D eigenvalue weighted by Gasteiger charge is -2.33. The summed E-state index contributed by atoms with van der Waals surface area (Å²) < 4.78 is 16.7. The van der Waals surface area contributed by atoms with Crippen molar-refractivity contribution >= 4 is 21.4 Å². The van der Waals surface area contributed by atoms with Gasteiger partial charge in [0.05, 0.1) is 12.4 Å². The summed E-state index contributed by atoms with van der Waals surface area (Å²) in [5, 5.41) is 11.1. The van der Waals surface area contributed by atoms with Crippen LogP contribution in [0.2, 0.25) is 0 Å². The Labute approximate surface area is 161 Å². The molecule has 5 rings (SSSR count). The molecule has 0 radical (unpaired) electrons. The van der Waals surface area contributed by atoms with E-state index in [1.54, 1.807) is 29.8 Å². The van der Waals surface area contributed by atoms with Crippen LogP contribution in [0.25, 0.3) is 21.2 Å². The van der Waals surface area contributed by atoms with Gasteiger partial charge in [-0.2, -0.15) is 10.2 Å².